The number of nitrogens with one attached hydrogen (secondary N) is 2. The van der Waals surface area contributed by atoms with Crippen molar-refractivity contribution < 1.29 is 0 Å². The molecule has 6 aromatic rings. The molecule has 0 fully saturated rings. The second-order valence-electron chi connectivity index (χ2n) is 9.32. The summed E-state index contributed by atoms with van der Waals surface area (Å²) in [7, 11) is 0. The number of nitriles is 1. The molecular weight excluding hydrogens is 506 g/mol. The fraction of sp³-hybridized carbons (Fsp3) is 0. The lowest BCUT2D eigenvalue weighted by Gasteiger charge is -2.11. The zero-order valence-electron chi connectivity index (χ0n) is 21.9. The number of pyridine rings is 1. The van der Waals surface area contributed by atoms with Crippen molar-refractivity contribution in [2.75, 3.05) is 0 Å². The van der Waals surface area contributed by atoms with Gasteiger partial charge >= 0.3 is 0 Å². The molecule has 7 heteroatoms. The summed E-state index contributed by atoms with van der Waals surface area (Å²) in [6.45, 7) is 0. The lowest BCUT2D eigenvalue weighted by atomic mass is 10.0. The Labute approximate surface area is 236 Å². The van der Waals surface area contributed by atoms with Crippen LogP contribution in [0.5, 0.6) is 0 Å². The van der Waals surface area contributed by atoms with E-state index in [0.29, 0.717) is 28.6 Å². The van der Waals surface area contributed by atoms with Crippen LogP contribution in [0.4, 0.5) is 0 Å². The summed E-state index contributed by atoms with van der Waals surface area (Å²) in [5.74, 6) is 1.76. The zero-order chi connectivity index (χ0) is 28.2. The Bertz CT molecular complexity index is 1970. The largest absolute Gasteiger partial charge is 0.286 e. The van der Waals surface area contributed by atoms with E-state index in [9.17, 15) is 0 Å². The predicted molar refractivity (Wildman–Crippen MR) is 159 cm³/mol. The van der Waals surface area contributed by atoms with Gasteiger partial charge in [-0.15, -0.1) is 0 Å². The van der Waals surface area contributed by atoms with E-state index in [1.807, 2.05) is 103 Å². The SMILES string of the molecule is N#Cc1ccc(-c2ccc(-c3nc(-c4ccccc4)nc(-c4cccc(C(=N)n5ccccc5=N)c4)n3)cc2)cc1. The molecule has 0 aliphatic rings. The van der Waals surface area contributed by atoms with Crippen molar-refractivity contribution in [3.8, 4) is 51.4 Å². The molecule has 2 N–H and O–H groups in total. The van der Waals surface area contributed by atoms with E-state index in [2.05, 4.69) is 6.07 Å². The van der Waals surface area contributed by atoms with Gasteiger partial charge in [0.2, 0.25) is 0 Å². The first-order valence-corrected chi connectivity index (χ1v) is 12.9. The van der Waals surface area contributed by atoms with Crippen LogP contribution in [0.25, 0.3) is 45.3 Å². The molecule has 0 bridgehead atoms. The monoisotopic (exact) mass is 529 g/mol. The van der Waals surface area contributed by atoms with Gasteiger partial charge in [-0.1, -0.05) is 91.0 Å². The zero-order valence-corrected chi connectivity index (χ0v) is 21.9. The second-order valence-corrected chi connectivity index (χ2v) is 9.32. The first kappa shape index (κ1) is 25.3. The van der Waals surface area contributed by atoms with Crippen molar-refractivity contribution in [1.82, 2.24) is 19.5 Å². The molecule has 7 nitrogen and oxygen atoms in total. The summed E-state index contributed by atoms with van der Waals surface area (Å²) >= 11 is 0. The summed E-state index contributed by atoms with van der Waals surface area (Å²) in [6, 6.07) is 40.1. The Morgan fingerprint density at radius 3 is 1.76 bits per heavy atom. The summed E-state index contributed by atoms with van der Waals surface area (Å²) < 4.78 is 1.52. The van der Waals surface area contributed by atoms with Crippen LogP contribution in [0.2, 0.25) is 0 Å². The average molecular weight is 530 g/mol. The number of hydrogen-bond acceptors (Lipinski definition) is 6. The van der Waals surface area contributed by atoms with Gasteiger partial charge in [0, 0.05) is 28.5 Å². The summed E-state index contributed by atoms with van der Waals surface area (Å²) in [5, 5.41) is 26.0. The number of rotatable bonds is 5. The Hall–Kier alpha value is -6.00. The van der Waals surface area contributed by atoms with E-state index in [4.69, 9.17) is 31.0 Å². The molecule has 6 rings (SSSR count). The van der Waals surface area contributed by atoms with Crippen LogP contribution < -0.4 is 5.49 Å². The minimum Gasteiger partial charge on any atom is -0.286 e. The maximum atomic E-state index is 9.09. The third-order valence-corrected chi connectivity index (χ3v) is 6.65. The fourth-order valence-corrected chi connectivity index (χ4v) is 4.48. The number of hydrogen-bond donors (Lipinski definition) is 2. The summed E-state index contributed by atoms with van der Waals surface area (Å²) in [5.41, 5.74) is 5.98. The highest BCUT2D eigenvalue weighted by atomic mass is 15.0. The number of benzene rings is 4. The van der Waals surface area contributed by atoms with Crippen molar-refractivity contribution in [1.29, 1.82) is 16.1 Å². The first-order valence-electron chi connectivity index (χ1n) is 12.9. The highest BCUT2D eigenvalue weighted by Gasteiger charge is 2.14. The van der Waals surface area contributed by atoms with Crippen LogP contribution in [0, 0.1) is 22.1 Å². The Kier molecular flexibility index (Phi) is 6.79. The van der Waals surface area contributed by atoms with Crippen LogP contribution >= 0.6 is 0 Å². The molecule has 41 heavy (non-hydrogen) atoms. The predicted octanol–water partition coefficient (Wildman–Crippen LogP) is 6.57. The highest BCUT2D eigenvalue weighted by Crippen LogP contribution is 2.27. The van der Waals surface area contributed by atoms with Crippen LogP contribution in [-0.4, -0.2) is 25.4 Å². The Morgan fingerprint density at radius 2 is 1.12 bits per heavy atom. The highest BCUT2D eigenvalue weighted by molar-refractivity contribution is 5.98. The van der Waals surface area contributed by atoms with E-state index >= 15 is 0 Å². The van der Waals surface area contributed by atoms with Crippen molar-refractivity contribution >= 4 is 5.84 Å². The molecule has 194 valence electrons. The lowest BCUT2D eigenvalue weighted by Crippen LogP contribution is -2.25. The van der Waals surface area contributed by atoms with Crippen molar-refractivity contribution in [3.05, 3.63) is 144 Å². The molecule has 0 saturated carbocycles. The van der Waals surface area contributed by atoms with Crippen LogP contribution in [0.15, 0.2) is 128 Å². The van der Waals surface area contributed by atoms with E-state index in [1.165, 1.54) is 4.57 Å². The van der Waals surface area contributed by atoms with Gasteiger partial charge in [0.25, 0.3) is 0 Å². The molecule has 0 aliphatic heterocycles. The third kappa shape index (κ3) is 5.31. The number of nitrogens with zero attached hydrogens (tertiary/aromatic N) is 5. The van der Waals surface area contributed by atoms with E-state index in [-0.39, 0.29) is 11.3 Å². The standard InChI is InChI=1S/C34H23N7/c35-22-23-12-14-24(15-13-23)25-16-18-27(19-17-25)33-38-32(26-7-2-1-3-8-26)39-34(40-33)29-10-6-9-28(21-29)31(37)41-20-5-4-11-30(41)36/h1-21,36-37H. The van der Waals surface area contributed by atoms with Crippen LogP contribution in [0.1, 0.15) is 11.1 Å². The Morgan fingerprint density at radius 1 is 0.585 bits per heavy atom. The normalized spacial score (nSPS) is 10.6. The summed E-state index contributed by atoms with van der Waals surface area (Å²) in [6.07, 6.45) is 1.70. The van der Waals surface area contributed by atoms with Crippen molar-refractivity contribution in [2.24, 2.45) is 0 Å². The van der Waals surface area contributed by atoms with E-state index in [1.54, 1.807) is 24.4 Å². The maximum Gasteiger partial charge on any atom is 0.164 e. The van der Waals surface area contributed by atoms with Gasteiger partial charge in [-0.2, -0.15) is 5.26 Å². The maximum absolute atomic E-state index is 9.09. The molecule has 0 unspecified atom stereocenters. The van der Waals surface area contributed by atoms with Gasteiger partial charge in [0.1, 0.15) is 11.3 Å². The lowest BCUT2D eigenvalue weighted by molar-refractivity contribution is 0.964. The topological polar surface area (TPSA) is 115 Å². The van der Waals surface area contributed by atoms with Crippen LogP contribution in [-0.2, 0) is 0 Å². The molecule has 2 aromatic heterocycles. The van der Waals surface area contributed by atoms with Crippen molar-refractivity contribution in [3.63, 3.8) is 0 Å². The second kappa shape index (κ2) is 11.0. The molecule has 2 heterocycles. The Balaban J connectivity index is 1.41. The minimum atomic E-state index is 0.188. The average Bonchev–Trinajstić information content (AvgIpc) is 3.05. The number of aromatic nitrogens is 4. The first-order chi connectivity index (χ1) is 20.1. The van der Waals surface area contributed by atoms with E-state index in [0.717, 1.165) is 27.8 Å². The van der Waals surface area contributed by atoms with Gasteiger partial charge in [0.05, 0.1) is 11.6 Å². The molecule has 0 amide bonds. The molecular formula is C34H23N7. The molecule has 0 spiro atoms. The minimum absolute atomic E-state index is 0.188. The molecule has 0 radical (unpaired) electrons. The van der Waals surface area contributed by atoms with Gasteiger partial charge in [-0.25, -0.2) is 15.0 Å². The van der Waals surface area contributed by atoms with Crippen molar-refractivity contribution in [2.45, 2.75) is 0 Å². The van der Waals surface area contributed by atoms with E-state index < -0.39 is 0 Å². The molecule has 4 aromatic carbocycles. The molecule has 0 saturated heterocycles. The van der Waals surface area contributed by atoms with Gasteiger partial charge in [0.15, 0.2) is 17.5 Å². The quantitative estimate of drug-likeness (QED) is 0.194. The third-order valence-electron chi connectivity index (χ3n) is 6.65. The van der Waals surface area contributed by atoms with Gasteiger partial charge < -0.3 is 0 Å². The van der Waals surface area contributed by atoms with Crippen LogP contribution in [0.3, 0.4) is 0 Å². The van der Waals surface area contributed by atoms with Gasteiger partial charge in [-0.3, -0.25) is 15.4 Å². The summed E-state index contributed by atoms with van der Waals surface area (Å²) in [4.78, 5) is 14.5. The molecule has 0 aliphatic carbocycles. The smallest absolute Gasteiger partial charge is 0.164 e. The van der Waals surface area contributed by atoms with Gasteiger partial charge in [-0.05, 0) is 41.5 Å². The fourth-order valence-electron chi connectivity index (χ4n) is 4.48. The molecule has 0 atom stereocenters.